The lowest BCUT2D eigenvalue weighted by molar-refractivity contribution is 0.200. The maximum absolute atomic E-state index is 9.20. The van der Waals surface area contributed by atoms with Crippen molar-refractivity contribution in [3.63, 3.8) is 0 Å². The van der Waals surface area contributed by atoms with Crippen molar-refractivity contribution in [3.05, 3.63) is 35.9 Å². The summed E-state index contributed by atoms with van der Waals surface area (Å²) in [6.07, 6.45) is 0. The molecule has 0 saturated heterocycles. The number of hydrogen-bond donors (Lipinski definition) is 2. The summed E-state index contributed by atoms with van der Waals surface area (Å²) < 4.78 is 4.95. The third kappa shape index (κ3) is 3.67. The van der Waals surface area contributed by atoms with Crippen molar-refractivity contribution in [2.45, 2.75) is 0 Å². The fourth-order valence-corrected chi connectivity index (χ4v) is 1.94. The van der Waals surface area contributed by atoms with Gasteiger partial charge >= 0.3 is 0 Å². The Morgan fingerprint density at radius 3 is 2.90 bits per heavy atom. The molecule has 2 N–H and O–H groups in total. The molecule has 5 heteroatoms. The summed E-state index contributed by atoms with van der Waals surface area (Å²) in [7, 11) is 1.68. The molecule has 0 spiro atoms. The largest absolute Gasteiger partial charge is 0.383 e. The first-order valence-corrected chi connectivity index (χ1v) is 6.58. The van der Waals surface area contributed by atoms with Gasteiger partial charge in [0.15, 0.2) is 0 Å². The van der Waals surface area contributed by atoms with Gasteiger partial charge in [-0.05, 0) is 12.1 Å². The predicted octanol–water partition coefficient (Wildman–Crippen LogP) is 1.75. The summed E-state index contributed by atoms with van der Waals surface area (Å²) in [5.41, 5.74) is 1.48. The molecule has 0 bridgehead atoms. The first-order chi connectivity index (χ1) is 9.85. The lowest BCUT2D eigenvalue weighted by Gasteiger charge is -2.08. The number of fused-ring (bicyclic) bond motifs is 1. The summed E-state index contributed by atoms with van der Waals surface area (Å²) in [6, 6.07) is 11.7. The first kappa shape index (κ1) is 14.3. The van der Waals surface area contributed by atoms with Crippen LogP contribution >= 0.6 is 0 Å². The number of aromatic nitrogens is 1. The maximum Gasteiger partial charge on any atom is 0.128 e. The van der Waals surface area contributed by atoms with Crippen LogP contribution in [0.2, 0.25) is 0 Å². The molecule has 5 nitrogen and oxygen atoms in total. The van der Waals surface area contributed by atoms with Gasteiger partial charge in [0.2, 0.25) is 0 Å². The summed E-state index contributed by atoms with van der Waals surface area (Å²) in [6.45, 7) is 3.10. The van der Waals surface area contributed by atoms with Crippen molar-refractivity contribution in [1.29, 1.82) is 5.26 Å². The second kappa shape index (κ2) is 7.43. The number of hydrogen-bond acceptors (Lipinski definition) is 5. The van der Waals surface area contributed by atoms with Crippen LogP contribution in [0.1, 0.15) is 5.56 Å². The van der Waals surface area contributed by atoms with E-state index in [1.54, 1.807) is 13.2 Å². The van der Waals surface area contributed by atoms with Gasteiger partial charge in [0.25, 0.3) is 0 Å². The van der Waals surface area contributed by atoms with Crippen LogP contribution in [0.25, 0.3) is 10.9 Å². The zero-order valence-electron chi connectivity index (χ0n) is 11.5. The number of para-hydroxylation sites is 1. The molecule has 0 unspecified atom stereocenters. The van der Waals surface area contributed by atoms with E-state index in [0.717, 1.165) is 36.4 Å². The minimum atomic E-state index is 0.644. The zero-order valence-corrected chi connectivity index (χ0v) is 11.5. The van der Waals surface area contributed by atoms with E-state index in [-0.39, 0.29) is 0 Å². The Kier molecular flexibility index (Phi) is 5.30. The second-order valence-corrected chi connectivity index (χ2v) is 4.35. The number of nitrogens with one attached hydrogen (secondary N) is 2. The van der Waals surface area contributed by atoms with Crippen LogP contribution in [0.15, 0.2) is 30.3 Å². The van der Waals surface area contributed by atoms with E-state index in [4.69, 9.17) is 4.74 Å². The molecule has 0 aliphatic rings. The number of pyridine rings is 1. The zero-order chi connectivity index (χ0) is 14.2. The Bertz CT molecular complexity index is 606. The summed E-state index contributed by atoms with van der Waals surface area (Å²) in [4.78, 5) is 4.50. The second-order valence-electron chi connectivity index (χ2n) is 4.35. The molecule has 2 rings (SSSR count). The van der Waals surface area contributed by atoms with Crippen molar-refractivity contribution in [2.75, 3.05) is 38.7 Å². The molecule has 1 aromatic heterocycles. The van der Waals surface area contributed by atoms with Crippen LogP contribution in [0.3, 0.4) is 0 Å². The predicted molar refractivity (Wildman–Crippen MR) is 79.7 cm³/mol. The van der Waals surface area contributed by atoms with Gasteiger partial charge in [-0.3, -0.25) is 0 Å². The van der Waals surface area contributed by atoms with Crippen molar-refractivity contribution in [3.8, 4) is 6.07 Å². The van der Waals surface area contributed by atoms with Gasteiger partial charge in [0, 0.05) is 32.1 Å². The highest BCUT2D eigenvalue weighted by Crippen LogP contribution is 2.19. The Labute approximate surface area is 118 Å². The Balaban J connectivity index is 1.99. The molecule has 104 valence electrons. The highest BCUT2D eigenvalue weighted by Gasteiger charge is 2.04. The van der Waals surface area contributed by atoms with Gasteiger partial charge in [0.1, 0.15) is 5.82 Å². The van der Waals surface area contributed by atoms with Crippen molar-refractivity contribution < 1.29 is 4.74 Å². The fourth-order valence-electron chi connectivity index (χ4n) is 1.94. The Hall–Kier alpha value is -2.16. The topological polar surface area (TPSA) is 70.0 Å². The van der Waals surface area contributed by atoms with Crippen molar-refractivity contribution >= 4 is 16.7 Å². The summed E-state index contributed by atoms with van der Waals surface area (Å²) in [5, 5.41) is 16.5. The molecule has 0 aliphatic heterocycles. The fraction of sp³-hybridized carbons (Fsp3) is 0.333. The highest BCUT2D eigenvalue weighted by atomic mass is 16.5. The molecule has 0 aliphatic carbocycles. The quantitative estimate of drug-likeness (QED) is 0.750. The van der Waals surface area contributed by atoms with E-state index >= 15 is 0 Å². The van der Waals surface area contributed by atoms with Gasteiger partial charge in [-0.15, -0.1) is 0 Å². The van der Waals surface area contributed by atoms with Crippen LogP contribution in [0.4, 0.5) is 5.82 Å². The molecule has 0 amide bonds. The molecular formula is C15H18N4O. The van der Waals surface area contributed by atoms with E-state index in [1.165, 1.54) is 0 Å². The van der Waals surface area contributed by atoms with Gasteiger partial charge in [0.05, 0.1) is 23.8 Å². The Morgan fingerprint density at radius 1 is 1.25 bits per heavy atom. The minimum Gasteiger partial charge on any atom is -0.383 e. The lowest BCUT2D eigenvalue weighted by atomic mass is 10.1. The minimum absolute atomic E-state index is 0.644. The molecule has 1 heterocycles. The van der Waals surface area contributed by atoms with E-state index in [2.05, 4.69) is 21.7 Å². The first-order valence-electron chi connectivity index (χ1n) is 6.58. The van der Waals surface area contributed by atoms with E-state index < -0.39 is 0 Å². The molecule has 2 aromatic rings. The van der Waals surface area contributed by atoms with Crippen LogP contribution in [0.5, 0.6) is 0 Å². The molecular weight excluding hydrogens is 252 g/mol. The summed E-state index contributed by atoms with van der Waals surface area (Å²) in [5.74, 6) is 0.730. The number of methoxy groups -OCH3 is 1. The van der Waals surface area contributed by atoms with E-state index in [0.29, 0.717) is 12.2 Å². The normalized spacial score (nSPS) is 10.4. The van der Waals surface area contributed by atoms with Crippen molar-refractivity contribution in [2.24, 2.45) is 0 Å². The average molecular weight is 270 g/mol. The van der Waals surface area contributed by atoms with Crippen LogP contribution < -0.4 is 10.6 Å². The standard InChI is InChI=1S/C15H18N4O/c1-20-9-8-17-6-7-18-15-10-12(11-16)13-4-2-3-5-14(13)19-15/h2-5,10,17H,6-9H2,1H3,(H,18,19). The lowest BCUT2D eigenvalue weighted by Crippen LogP contribution is -2.25. The van der Waals surface area contributed by atoms with Crippen molar-refractivity contribution in [1.82, 2.24) is 10.3 Å². The molecule has 1 aromatic carbocycles. The van der Waals surface area contributed by atoms with Gasteiger partial charge in [-0.2, -0.15) is 5.26 Å². The van der Waals surface area contributed by atoms with Gasteiger partial charge in [-0.1, -0.05) is 18.2 Å². The highest BCUT2D eigenvalue weighted by molar-refractivity contribution is 5.86. The molecule has 0 atom stereocenters. The number of ether oxygens (including phenoxy) is 1. The number of anilines is 1. The number of nitrogens with zero attached hydrogens (tertiary/aromatic N) is 2. The third-order valence-corrected chi connectivity index (χ3v) is 2.93. The molecule has 20 heavy (non-hydrogen) atoms. The molecule has 0 saturated carbocycles. The number of benzene rings is 1. The SMILES string of the molecule is COCCNCCNc1cc(C#N)c2ccccc2n1. The van der Waals surface area contributed by atoms with Crippen LogP contribution in [-0.4, -0.2) is 38.3 Å². The maximum atomic E-state index is 9.20. The van der Waals surface area contributed by atoms with E-state index in [9.17, 15) is 5.26 Å². The van der Waals surface area contributed by atoms with Crippen LogP contribution in [0, 0.1) is 11.3 Å². The average Bonchev–Trinajstić information content (AvgIpc) is 2.50. The van der Waals surface area contributed by atoms with Gasteiger partial charge < -0.3 is 15.4 Å². The third-order valence-electron chi connectivity index (χ3n) is 2.93. The van der Waals surface area contributed by atoms with Crippen LogP contribution in [-0.2, 0) is 4.74 Å². The smallest absolute Gasteiger partial charge is 0.128 e. The number of nitriles is 1. The number of rotatable bonds is 7. The molecule has 0 fully saturated rings. The summed E-state index contributed by atoms with van der Waals surface area (Å²) >= 11 is 0. The molecule has 0 radical (unpaired) electrons. The van der Waals surface area contributed by atoms with E-state index in [1.807, 2.05) is 24.3 Å². The Morgan fingerprint density at radius 2 is 2.10 bits per heavy atom. The monoisotopic (exact) mass is 270 g/mol. The van der Waals surface area contributed by atoms with Gasteiger partial charge in [-0.25, -0.2) is 4.98 Å².